The molecule has 4 heteroatoms. The van der Waals surface area contributed by atoms with Gasteiger partial charge in [-0.05, 0) is 44.6 Å². The molecule has 1 aliphatic rings. The Balaban J connectivity index is 2.11. The van der Waals surface area contributed by atoms with Crippen molar-refractivity contribution in [1.82, 2.24) is 10.2 Å². The highest BCUT2D eigenvalue weighted by molar-refractivity contribution is 6.30. The van der Waals surface area contributed by atoms with E-state index in [2.05, 4.69) is 10.2 Å². The van der Waals surface area contributed by atoms with Gasteiger partial charge >= 0.3 is 0 Å². The highest BCUT2D eigenvalue weighted by Crippen LogP contribution is 2.26. The van der Waals surface area contributed by atoms with Crippen molar-refractivity contribution < 1.29 is 4.74 Å². The normalized spacial score (nSPS) is 20.5. The molecule has 0 bridgehead atoms. The van der Waals surface area contributed by atoms with E-state index in [4.69, 9.17) is 16.3 Å². The minimum absolute atomic E-state index is 0.613. The van der Waals surface area contributed by atoms with Crippen molar-refractivity contribution in [2.24, 2.45) is 0 Å². The SMILES string of the molecule is CNCC1CCCCN1Cc1cc(Cl)ccc1OC. The first-order valence-corrected chi connectivity index (χ1v) is 7.33. The number of likely N-dealkylation sites (tertiary alicyclic amines) is 1. The fourth-order valence-corrected chi connectivity index (χ4v) is 3.02. The Kier molecular flexibility index (Phi) is 5.49. The van der Waals surface area contributed by atoms with Crippen LogP contribution in [0.5, 0.6) is 5.75 Å². The molecule has 106 valence electrons. The van der Waals surface area contributed by atoms with E-state index in [-0.39, 0.29) is 0 Å². The average Bonchev–Trinajstić information content (AvgIpc) is 2.42. The lowest BCUT2D eigenvalue weighted by Gasteiger charge is -2.36. The number of methoxy groups -OCH3 is 1. The summed E-state index contributed by atoms with van der Waals surface area (Å²) in [6.07, 6.45) is 3.88. The fraction of sp³-hybridized carbons (Fsp3) is 0.600. The van der Waals surface area contributed by atoms with Crippen molar-refractivity contribution >= 4 is 11.6 Å². The molecule has 1 aromatic rings. The summed E-state index contributed by atoms with van der Waals surface area (Å²) < 4.78 is 5.44. The molecule has 1 aliphatic heterocycles. The van der Waals surface area contributed by atoms with E-state index in [1.165, 1.54) is 24.8 Å². The Hall–Kier alpha value is -0.770. The zero-order valence-electron chi connectivity index (χ0n) is 11.8. The van der Waals surface area contributed by atoms with Gasteiger partial charge in [-0.2, -0.15) is 0 Å². The second-order valence-corrected chi connectivity index (χ2v) is 5.57. The van der Waals surface area contributed by atoms with E-state index in [0.29, 0.717) is 6.04 Å². The van der Waals surface area contributed by atoms with Crippen LogP contribution in [0.15, 0.2) is 18.2 Å². The molecule has 1 fully saturated rings. The Morgan fingerprint density at radius 1 is 1.42 bits per heavy atom. The smallest absolute Gasteiger partial charge is 0.123 e. The van der Waals surface area contributed by atoms with Crippen LogP contribution in [-0.2, 0) is 6.54 Å². The number of nitrogens with one attached hydrogen (secondary N) is 1. The van der Waals surface area contributed by atoms with Gasteiger partial charge in [0.2, 0.25) is 0 Å². The summed E-state index contributed by atoms with van der Waals surface area (Å²) in [6.45, 7) is 3.11. The number of likely N-dealkylation sites (N-methyl/N-ethyl adjacent to an activating group) is 1. The zero-order chi connectivity index (χ0) is 13.7. The van der Waals surface area contributed by atoms with Gasteiger partial charge in [0.05, 0.1) is 7.11 Å². The number of nitrogens with zero attached hydrogens (tertiary/aromatic N) is 1. The Morgan fingerprint density at radius 2 is 2.26 bits per heavy atom. The van der Waals surface area contributed by atoms with Crippen LogP contribution in [0.1, 0.15) is 24.8 Å². The summed E-state index contributed by atoms with van der Waals surface area (Å²) in [7, 11) is 3.74. The van der Waals surface area contributed by atoms with Crippen LogP contribution in [0.4, 0.5) is 0 Å². The van der Waals surface area contributed by atoms with Crippen molar-refractivity contribution in [2.45, 2.75) is 31.8 Å². The van der Waals surface area contributed by atoms with Crippen LogP contribution < -0.4 is 10.1 Å². The minimum atomic E-state index is 0.613. The van der Waals surface area contributed by atoms with Crippen LogP contribution in [-0.4, -0.2) is 38.2 Å². The quantitative estimate of drug-likeness (QED) is 0.899. The predicted molar refractivity (Wildman–Crippen MR) is 80.0 cm³/mol. The molecule has 1 atom stereocenters. The molecule has 0 amide bonds. The predicted octanol–water partition coefficient (Wildman–Crippen LogP) is 2.92. The van der Waals surface area contributed by atoms with E-state index in [1.54, 1.807) is 7.11 Å². The van der Waals surface area contributed by atoms with Gasteiger partial charge in [0.1, 0.15) is 5.75 Å². The highest BCUT2D eigenvalue weighted by atomic mass is 35.5. The fourth-order valence-electron chi connectivity index (χ4n) is 2.82. The molecule has 1 N–H and O–H groups in total. The lowest BCUT2D eigenvalue weighted by atomic mass is 10.0. The van der Waals surface area contributed by atoms with Crippen LogP contribution in [0.3, 0.4) is 0 Å². The Morgan fingerprint density at radius 3 is 3.00 bits per heavy atom. The number of benzene rings is 1. The topological polar surface area (TPSA) is 24.5 Å². The summed E-state index contributed by atoms with van der Waals surface area (Å²) in [6, 6.07) is 6.47. The van der Waals surface area contributed by atoms with Crippen molar-refractivity contribution in [3.05, 3.63) is 28.8 Å². The molecule has 0 radical (unpaired) electrons. The van der Waals surface area contributed by atoms with Crippen molar-refractivity contribution in [3.8, 4) is 5.75 Å². The Labute approximate surface area is 120 Å². The highest BCUT2D eigenvalue weighted by Gasteiger charge is 2.22. The molecule has 2 rings (SSSR count). The number of rotatable bonds is 5. The number of ether oxygens (including phenoxy) is 1. The third kappa shape index (κ3) is 3.85. The summed E-state index contributed by atoms with van der Waals surface area (Å²) in [5.74, 6) is 0.929. The van der Waals surface area contributed by atoms with Crippen LogP contribution >= 0.6 is 11.6 Å². The summed E-state index contributed by atoms with van der Waals surface area (Å²) in [5, 5.41) is 4.07. The first-order valence-electron chi connectivity index (χ1n) is 6.95. The maximum Gasteiger partial charge on any atom is 0.123 e. The molecule has 3 nitrogen and oxygen atoms in total. The molecule has 1 unspecified atom stereocenters. The second kappa shape index (κ2) is 7.13. The summed E-state index contributed by atoms with van der Waals surface area (Å²) in [4.78, 5) is 2.54. The molecule has 19 heavy (non-hydrogen) atoms. The van der Waals surface area contributed by atoms with Crippen molar-refractivity contribution in [3.63, 3.8) is 0 Å². The molecular formula is C15H23ClN2O. The van der Waals surface area contributed by atoms with E-state index < -0.39 is 0 Å². The van der Waals surface area contributed by atoms with Gasteiger partial charge in [-0.25, -0.2) is 0 Å². The van der Waals surface area contributed by atoms with E-state index in [9.17, 15) is 0 Å². The van der Waals surface area contributed by atoms with E-state index >= 15 is 0 Å². The molecule has 1 aromatic carbocycles. The van der Waals surface area contributed by atoms with Gasteiger partial charge < -0.3 is 10.1 Å². The molecule has 0 aliphatic carbocycles. The third-order valence-electron chi connectivity index (χ3n) is 3.80. The van der Waals surface area contributed by atoms with Gasteiger partial charge in [0.25, 0.3) is 0 Å². The monoisotopic (exact) mass is 282 g/mol. The summed E-state index contributed by atoms with van der Waals surface area (Å²) in [5.41, 5.74) is 1.18. The van der Waals surface area contributed by atoms with Gasteiger partial charge in [0, 0.05) is 29.7 Å². The van der Waals surface area contributed by atoms with Gasteiger partial charge in [-0.1, -0.05) is 18.0 Å². The lowest BCUT2D eigenvalue weighted by molar-refractivity contribution is 0.138. The molecular weight excluding hydrogens is 260 g/mol. The maximum absolute atomic E-state index is 6.10. The largest absolute Gasteiger partial charge is 0.496 e. The molecule has 1 heterocycles. The molecule has 0 saturated carbocycles. The first kappa shape index (κ1) is 14.6. The van der Waals surface area contributed by atoms with Gasteiger partial charge in [0.15, 0.2) is 0 Å². The molecule has 1 saturated heterocycles. The lowest BCUT2D eigenvalue weighted by Crippen LogP contribution is -2.44. The number of halogens is 1. The van der Waals surface area contributed by atoms with Crippen LogP contribution in [0, 0.1) is 0 Å². The first-order chi connectivity index (χ1) is 9.24. The van der Waals surface area contributed by atoms with E-state index in [0.717, 1.165) is 30.4 Å². The number of hydrogen-bond acceptors (Lipinski definition) is 3. The standard InChI is InChI=1S/C15H23ClN2O/c1-17-10-14-5-3-4-8-18(14)11-12-9-13(16)6-7-15(12)19-2/h6-7,9,14,17H,3-5,8,10-11H2,1-2H3. The maximum atomic E-state index is 6.10. The average molecular weight is 283 g/mol. The van der Waals surface area contributed by atoms with Gasteiger partial charge in [-0.15, -0.1) is 0 Å². The summed E-state index contributed by atoms with van der Waals surface area (Å²) >= 11 is 6.10. The van der Waals surface area contributed by atoms with E-state index in [1.807, 2.05) is 25.2 Å². The second-order valence-electron chi connectivity index (χ2n) is 5.13. The zero-order valence-corrected chi connectivity index (χ0v) is 12.5. The number of piperidine rings is 1. The van der Waals surface area contributed by atoms with Crippen LogP contribution in [0.2, 0.25) is 5.02 Å². The molecule has 0 aromatic heterocycles. The molecule has 0 spiro atoms. The van der Waals surface area contributed by atoms with Crippen molar-refractivity contribution in [1.29, 1.82) is 0 Å². The Bertz CT molecular complexity index is 409. The number of hydrogen-bond donors (Lipinski definition) is 1. The minimum Gasteiger partial charge on any atom is -0.496 e. The third-order valence-corrected chi connectivity index (χ3v) is 4.04. The van der Waals surface area contributed by atoms with Gasteiger partial charge in [-0.3, -0.25) is 4.90 Å². The van der Waals surface area contributed by atoms with Crippen LogP contribution in [0.25, 0.3) is 0 Å². The van der Waals surface area contributed by atoms with Crippen molar-refractivity contribution in [2.75, 3.05) is 27.2 Å².